The Kier molecular flexibility index (Phi) is 3.41. The van der Waals surface area contributed by atoms with E-state index in [1.54, 1.807) is 0 Å². The maximum absolute atomic E-state index is 11.9. The first-order chi connectivity index (χ1) is 6.31. The van der Waals surface area contributed by atoms with Gasteiger partial charge in [-0.25, -0.2) is 8.42 Å². The molecule has 0 amide bonds. The number of alkyl halides is 3. The van der Waals surface area contributed by atoms with Gasteiger partial charge in [-0.1, -0.05) is 0 Å². The van der Waals surface area contributed by atoms with Gasteiger partial charge in [0.2, 0.25) is 0 Å². The van der Waals surface area contributed by atoms with Crippen molar-refractivity contribution in [3.63, 3.8) is 0 Å². The molecule has 1 heterocycles. The summed E-state index contributed by atoms with van der Waals surface area (Å²) in [6, 6.07) is 0. The van der Waals surface area contributed by atoms with Crippen LogP contribution in [0, 0.1) is 0 Å². The second-order valence-corrected chi connectivity index (χ2v) is 5.65. The van der Waals surface area contributed by atoms with Gasteiger partial charge in [0.15, 0.2) is 9.84 Å². The van der Waals surface area contributed by atoms with Crippen LogP contribution in [0.1, 0.15) is 12.8 Å². The van der Waals surface area contributed by atoms with Crippen LogP contribution in [-0.4, -0.2) is 38.7 Å². The number of hydrogen-bond donors (Lipinski definition) is 1. The third kappa shape index (κ3) is 3.45. The standard InChI is InChI=1S/C7H12F3NO2S/c8-7(9,10)5-14(12,13)6-1-3-11-4-2-6/h6,11H,1-5H2. The summed E-state index contributed by atoms with van der Waals surface area (Å²) >= 11 is 0. The molecule has 3 nitrogen and oxygen atoms in total. The van der Waals surface area contributed by atoms with E-state index in [0.717, 1.165) is 0 Å². The minimum Gasteiger partial charge on any atom is -0.317 e. The van der Waals surface area contributed by atoms with Gasteiger partial charge in [-0.05, 0) is 25.9 Å². The zero-order valence-corrected chi connectivity index (χ0v) is 8.29. The quantitative estimate of drug-likeness (QED) is 0.761. The van der Waals surface area contributed by atoms with Gasteiger partial charge in [0, 0.05) is 0 Å². The monoisotopic (exact) mass is 231 g/mol. The highest BCUT2D eigenvalue weighted by molar-refractivity contribution is 7.92. The van der Waals surface area contributed by atoms with Crippen LogP contribution in [0.25, 0.3) is 0 Å². The number of rotatable bonds is 2. The van der Waals surface area contributed by atoms with Gasteiger partial charge in [0.1, 0.15) is 5.75 Å². The van der Waals surface area contributed by atoms with Crippen molar-refractivity contribution in [2.24, 2.45) is 0 Å². The molecule has 0 aromatic heterocycles. The van der Waals surface area contributed by atoms with Crippen molar-refractivity contribution in [3.8, 4) is 0 Å². The Morgan fingerprint density at radius 3 is 2.14 bits per heavy atom. The lowest BCUT2D eigenvalue weighted by Crippen LogP contribution is -2.39. The molecule has 0 unspecified atom stereocenters. The van der Waals surface area contributed by atoms with E-state index in [1.807, 2.05) is 0 Å². The Balaban J connectivity index is 2.64. The molecule has 0 atom stereocenters. The third-order valence-electron chi connectivity index (χ3n) is 2.16. The summed E-state index contributed by atoms with van der Waals surface area (Å²) in [7, 11) is -4.01. The smallest absolute Gasteiger partial charge is 0.317 e. The third-order valence-corrected chi connectivity index (χ3v) is 4.38. The lowest BCUT2D eigenvalue weighted by atomic mass is 10.2. The first kappa shape index (κ1) is 11.8. The van der Waals surface area contributed by atoms with Crippen molar-refractivity contribution in [2.45, 2.75) is 24.3 Å². The Bertz CT molecular complexity index is 280. The molecule has 0 spiro atoms. The molecule has 0 aromatic rings. The lowest BCUT2D eigenvalue weighted by molar-refractivity contribution is -0.106. The molecule has 0 radical (unpaired) electrons. The maximum atomic E-state index is 11.9. The van der Waals surface area contributed by atoms with Gasteiger partial charge in [0.05, 0.1) is 5.25 Å². The van der Waals surface area contributed by atoms with E-state index in [4.69, 9.17) is 0 Å². The summed E-state index contributed by atoms with van der Waals surface area (Å²) < 4.78 is 58.2. The Labute approximate surface area is 80.6 Å². The highest BCUT2D eigenvalue weighted by Gasteiger charge is 2.39. The van der Waals surface area contributed by atoms with Gasteiger partial charge in [-0.15, -0.1) is 0 Å². The lowest BCUT2D eigenvalue weighted by Gasteiger charge is -2.23. The molecular formula is C7H12F3NO2S. The van der Waals surface area contributed by atoms with E-state index in [1.165, 1.54) is 0 Å². The van der Waals surface area contributed by atoms with Crippen LogP contribution in [0.2, 0.25) is 0 Å². The SMILES string of the molecule is O=S(=O)(CC(F)(F)F)C1CCNCC1. The van der Waals surface area contributed by atoms with Crippen molar-refractivity contribution in [1.82, 2.24) is 5.32 Å². The van der Waals surface area contributed by atoms with Crippen molar-refractivity contribution < 1.29 is 21.6 Å². The van der Waals surface area contributed by atoms with E-state index >= 15 is 0 Å². The van der Waals surface area contributed by atoms with Crippen LogP contribution < -0.4 is 5.32 Å². The van der Waals surface area contributed by atoms with Crippen LogP contribution in [-0.2, 0) is 9.84 Å². The predicted molar refractivity (Wildman–Crippen MR) is 45.7 cm³/mol. The fourth-order valence-electron chi connectivity index (χ4n) is 1.50. The number of nitrogens with one attached hydrogen (secondary N) is 1. The average Bonchev–Trinajstić information content (AvgIpc) is 2.01. The summed E-state index contributed by atoms with van der Waals surface area (Å²) in [4.78, 5) is 0. The molecule has 84 valence electrons. The van der Waals surface area contributed by atoms with Crippen molar-refractivity contribution in [3.05, 3.63) is 0 Å². The van der Waals surface area contributed by atoms with E-state index in [2.05, 4.69) is 5.32 Å². The minimum absolute atomic E-state index is 0.276. The van der Waals surface area contributed by atoms with Gasteiger partial charge in [-0.3, -0.25) is 0 Å². The minimum atomic E-state index is -4.62. The molecule has 0 bridgehead atoms. The molecule has 1 rings (SSSR count). The van der Waals surface area contributed by atoms with E-state index in [-0.39, 0.29) is 12.8 Å². The molecule has 0 saturated carbocycles. The zero-order chi connectivity index (χ0) is 10.8. The predicted octanol–water partition coefficient (Wildman–Crippen LogP) is 0.716. The van der Waals surface area contributed by atoms with Gasteiger partial charge in [-0.2, -0.15) is 13.2 Å². The van der Waals surface area contributed by atoms with Crippen LogP contribution in [0.4, 0.5) is 13.2 Å². The number of hydrogen-bond acceptors (Lipinski definition) is 3. The molecule has 1 fully saturated rings. The topological polar surface area (TPSA) is 46.2 Å². The second-order valence-electron chi connectivity index (χ2n) is 3.37. The molecule has 7 heteroatoms. The summed E-state index contributed by atoms with van der Waals surface area (Å²) in [5, 5.41) is 2.08. The fraction of sp³-hybridized carbons (Fsp3) is 1.00. The maximum Gasteiger partial charge on any atom is 0.402 e. The first-order valence-electron chi connectivity index (χ1n) is 4.30. The summed E-state index contributed by atoms with van der Waals surface area (Å²) in [5.41, 5.74) is 0. The van der Waals surface area contributed by atoms with Gasteiger partial charge in [0.25, 0.3) is 0 Å². The van der Waals surface area contributed by atoms with E-state index in [9.17, 15) is 21.6 Å². The molecule has 1 N–H and O–H groups in total. The van der Waals surface area contributed by atoms with Crippen LogP contribution in [0.3, 0.4) is 0 Å². The number of sulfone groups is 1. The summed E-state index contributed by atoms with van der Waals surface area (Å²) in [6.07, 6.45) is -4.07. The molecule has 1 saturated heterocycles. The Morgan fingerprint density at radius 2 is 1.71 bits per heavy atom. The molecule has 0 aromatic carbocycles. The van der Waals surface area contributed by atoms with Crippen molar-refractivity contribution in [1.29, 1.82) is 0 Å². The highest BCUT2D eigenvalue weighted by Crippen LogP contribution is 2.23. The fourth-order valence-corrected chi connectivity index (χ4v) is 3.15. The second kappa shape index (κ2) is 4.06. The first-order valence-corrected chi connectivity index (χ1v) is 6.02. The van der Waals surface area contributed by atoms with Crippen LogP contribution >= 0.6 is 0 Å². The molecule has 0 aliphatic carbocycles. The Morgan fingerprint density at radius 1 is 1.21 bits per heavy atom. The van der Waals surface area contributed by atoms with Crippen LogP contribution in [0.15, 0.2) is 0 Å². The number of piperidine rings is 1. The largest absolute Gasteiger partial charge is 0.402 e. The molecule has 1 aliphatic rings. The van der Waals surface area contributed by atoms with E-state index < -0.39 is 27.0 Å². The summed E-state index contributed by atoms with van der Waals surface area (Å²) in [5.74, 6) is -1.69. The number of halogens is 3. The van der Waals surface area contributed by atoms with E-state index in [0.29, 0.717) is 13.1 Å². The zero-order valence-electron chi connectivity index (χ0n) is 7.47. The van der Waals surface area contributed by atoms with Gasteiger partial charge < -0.3 is 5.32 Å². The van der Waals surface area contributed by atoms with Gasteiger partial charge >= 0.3 is 6.18 Å². The molecular weight excluding hydrogens is 219 g/mol. The Hall–Kier alpha value is -0.300. The highest BCUT2D eigenvalue weighted by atomic mass is 32.2. The van der Waals surface area contributed by atoms with Crippen LogP contribution in [0.5, 0.6) is 0 Å². The van der Waals surface area contributed by atoms with Crippen molar-refractivity contribution in [2.75, 3.05) is 18.8 Å². The average molecular weight is 231 g/mol. The molecule has 1 aliphatic heterocycles. The van der Waals surface area contributed by atoms with Crippen molar-refractivity contribution >= 4 is 9.84 Å². The molecule has 14 heavy (non-hydrogen) atoms. The summed E-state index contributed by atoms with van der Waals surface area (Å²) in [6.45, 7) is 0.948. The normalized spacial score (nSPS) is 21.1.